The highest BCUT2D eigenvalue weighted by Crippen LogP contribution is 2.25. The molecule has 0 saturated carbocycles. The van der Waals surface area contributed by atoms with Gasteiger partial charge in [-0.1, -0.05) is 18.2 Å². The fourth-order valence-corrected chi connectivity index (χ4v) is 3.67. The van der Waals surface area contributed by atoms with E-state index in [-0.39, 0.29) is 0 Å². The van der Waals surface area contributed by atoms with Gasteiger partial charge in [-0.25, -0.2) is 4.98 Å². The van der Waals surface area contributed by atoms with Gasteiger partial charge in [0.1, 0.15) is 17.3 Å². The molecule has 3 rings (SSSR count). The van der Waals surface area contributed by atoms with Crippen LogP contribution in [0.5, 0.6) is 5.75 Å². The van der Waals surface area contributed by atoms with Crippen LogP contribution in [-0.4, -0.2) is 31.0 Å². The standard InChI is InChI=1S/C26H32N2O3/c1-4-28(22-10-6-5-7-11-22)19-9-13-23(29)12-8-14-25-20(2)31-26(27-25)21-15-17-24(30-3)18-16-21/h5-7,10-11,15-18H,4,8-9,12-14,19H2,1-3H3. The van der Waals surface area contributed by atoms with Gasteiger partial charge in [-0.2, -0.15) is 0 Å². The number of hydrogen-bond acceptors (Lipinski definition) is 5. The number of ether oxygens (including phenoxy) is 1. The summed E-state index contributed by atoms with van der Waals surface area (Å²) >= 11 is 0. The van der Waals surface area contributed by atoms with Crippen molar-refractivity contribution in [3.63, 3.8) is 0 Å². The number of anilines is 1. The molecule has 1 heterocycles. The average Bonchev–Trinajstić information content (AvgIpc) is 3.18. The fourth-order valence-electron chi connectivity index (χ4n) is 3.67. The quantitative estimate of drug-likeness (QED) is 0.367. The van der Waals surface area contributed by atoms with Crippen molar-refractivity contribution in [3.05, 3.63) is 66.1 Å². The van der Waals surface area contributed by atoms with E-state index >= 15 is 0 Å². The first-order chi connectivity index (χ1) is 15.1. The van der Waals surface area contributed by atoms with Crippen molar-refractivity contribution < 1.29 is 13.9 Å². The summed E-state index contributed by atoms with van der Waals surface area (Å²) in [5, 5.41) is 0. The Morgan fingerprint density at radius 3 is 2.42 bits per heavy atom. The summed E-state index contributed by atoms with van der Waals surface area (Å²) in [6, 6.07) is 18.0. The minimum Gasteiger partial charge on any atom is -0.497 e. The lowest BCUT2D eigenvalue weighted by Gasteiger charge is -2.22. The van der Waals surface area contributed by atoms with Crippen molar-refractivity contribution in [2.45, 2.75) is 46.0 Å². The highest BCUT2D eigenvalue weighted by atomic mass is 16.5. The average molecular weight is 421 g/mol. The summed E-state index contributed by atoms with van der Waals surface area (Å²) in [6.45, 7) is 5.93. The second-order valence-corrected chi connectivity index (χ2v) is 7.66. The molecule has 5 heteroatoms. The van der Waals surface area contributed by atoms with Crippen molar-refractivity contribution in [2.75, 3.05) is 25.1 Å². The second kappa shape index (κ2) is 11.3. The minimum atomic E-state index is 0.320. The first-order valence-corrected chi connectivity index (χ1v) is 11.0. The normalized spacial score (nSPS) is 10.8. The van der Waals surface area contributed by atoms with E-state index in [2.05, 4.69) is 41.1 Å². The Balaban J connectivity index is 1.42. The van der Waals surface area contributed by atoms with Crippen LogP contribution in [0.25, 0.3) is 11.5 Å². The van der Waals surface area contributed by atoms with Crippen molar-refractivity contribution in [1.82, 2.24) is 4.98 Å². The van der Waals surface area contributed by atoms with Crippen LogP contribution in [0.2, 0.25) is 0 Å². The minimum absolute atomic E-state index is 0.320. The van der Waals surface area contributed by atoms with Crippen LogP contribution in [0.15, 0.2) is 59.0 Å². The second-order valence-electron chi connectivity index (χ2n) is 7.66. The molecule has 0 saturated heterocycles. The van der Waals surface area contributed by atoms with E-state index in [1.165, 1.54) is 5.69 Å². The number of para-hydroxylation sites is 1. The number of aromatic nitrogens is 1. The van der Waals surface area contributed by atoms with Crippen molar-refractivity contribution in [1.29, 1.82) is 0 Å². The fraction of sp³-hybridized carbons (Fsp3) is 0.385. The van der Waals surface area contributed by atoms with Crippen LogP contribution in [0, 0.1) is 6.92 Å². The lowest BCUT2D eigenvalue weighted by Crippen LogP contribution is -2.24. The summed E-state index contributed by atoms with van der Waals surface area (Å²) < 4.78 is 11.0. The van der Waals surface area contributed by atoms with E-state index in [0.717, 1.165) is 55.1 Å². The number of hydrogen-bond donors (Lipinski definition) is 0. The number of oxazole rings is 1. The number of methoxy groups -OCH3 is 1. The largest absolute Gasteiger partial charge is 0.497 e. The van der Waals surface area contributed by atoms with Gasteiger partial charge in [0.25, 0.3) is 0 Å². The lowest BCUT2D eigenvalue weighted by atomic mass is 10.1. The number of carbonyl (C=O) groups excluding carboxylic acids is 1. The van der Waals surface area contributed by atoms with E-state index in [1.54, 1.807) is 7.11 Å². The Bertz CT molecular complexity index is 949. The van der Waals surface area contributed by atoms with Gasteiger partial charge in [0.2, 0.25) is 5.89 Å². The number of Topliss-reactive ketones (excluding diaryl/α,β-unsaturated/α-hetero) is 1. The zero-order valence-electron chi connectivity index (χ0n) is 18.8. The molecule has 0 amide bonds. The molecule has 0 spiro atoms. The summed E-state index contributed by atoms with van der Waals surface area (Å²) in [7, 11) is 1.65. The molecule has 0 N–H and O–H groups in total. The smallest absolute Gasteiger partial charge is 0.226 e. The van der Waals surface area contributed by atoms with Gasteiger partial charge in [-0.05, 0) is 69.5 Å². The molecule has 0 aliphatic rings. The SMILES string of the molecule is CCN(CCCC(=O)CCCc1nc(-c2ccc(OC)cc2)oc1C)c1ccccc1. The molecule has 0 bridgehead atoms. The maximum atomic E-state index is 12.3. The Morgan fingerprint density at radius 1 is 1.03 bits per heavy atom. The molecule has 0 aliphatic heterocycles. The molecule has 31 heavy (non-hydrogen) atoms. The van der Waals surface area contributed by atoms with E-state index in [0.29, 0.717) is 24.5 Å². The van der Waals surface area contributed by atoms with Gasteiger partial charge in [0.05, 0.1) is 12.8 Å². The third-order valence-electron chi connectivity index (χ3n) is 5.49. The zero-order chi connectivity index (χ0) is 22.1. The maximum Gasteiger partial charge on any atom is 0.226 e. The summed E-state index contributed by atoms with van der Waals surface area (Å²) in [5.41, 5.74) is 3.07. The van der Waals surface area contributed by atoms with Crippen molar-refractivity contribution in [3.8, 4) is 17.2 Å². The van der Waals surface area contributed by atoms with Crippen molar-refractivity contribution in [2.24, 2.45) is 0 Å². The number of carbonyl (C=O) groups is 1. The molecule has 1 aromatic heterocycles. The van der Waals surface area contributed by atoms with Gasteiger partial charge in [0, 0.05) is 37.2 Å². The van der Waals surface area contributed by atoms with Crippen LogP contribution in [0.4, 0.5) is 5.69 Å². The van der Waals surface area contributed by atoms with E-state index in [4.69, 9.17) is 9.15 Å². The molecule has 0 fully saturated rings. The molecule has 2 aromatic carbocycles. The number of rotatable bonds is 12. The lowest BCUT2D eigenvalue weighted by molar-refractivity contribution is -0.119. The monoisotopic (exact) mass is 420 g/mol. The van der Waals surface area contributed by atoms with Crippen molar-refractivity contribution >= 4 is 11.5 Å². The van der Waals surface area contributed by atoms with Gasteiger partial charge < -0.3 is 14.1 Å². The van der Waals surface area contributed by atoms with E-state index < -0.39 is 0 Å². The maximum absolute atomic E-state index is 12.3. The van der Waals surface area contributed by atoms with Crippen LogP contribution >= 0.6 is 0 Å². The third-order valence-corrected chi connectivity index (χ3v) is 5.49. The molecule has 164 valence electrons. The van der Waals surface area contributed by atoms with Crippen LogP contribution in [0.1, 0.15) is 44.1 Å². The summed E-state index contributed by atoms with van der Waals surface area (Å²) in [5.74, 6) is 2.55. The molecular formula is C26H32N2O3. The molecule has 0 unspecified atom stereocenters. The third kappa shape index (κ3) is 6.45. The molecule has 5 nitrogen and oxygen atoms in total. The topological polar surface area (TPSA) is 55.6 Å². The first kappa shape index (κ1) is 22.6. The molecule has 0 radical (unpaired) electrons. The number of ketones is 1. The first-order valence-electron chi connectivity index (χ1n) is 11.0. The number of benzene rings is 2. The van der Waals surface area contributed by atoms with Crippen LogP contribution in [-0.2, 0) is 11.2 Å². The zero-order valence-corrected chi connectivity index (χ0v) is 18.8. The number of nitrogens with zero attached hydrogens (tertiary/aromatic N) is 2. The Kier molecular flexibility index (Phi) is 8.27. The van der Waals surface area contributed by atoms with Crippen LogP contribution < -0.4 is 9.64 Å². The number of aryl methyl sites for hydroxylation is 2. The highest BCUT2D eigenvalue weighted by molar-refractivity contribution is 5.78. The predicted molar refractivity (Wildman–Crippen MR) is 125 cm³/mol. The molecule has 0 aliphatic carbocycles. The van der Waals surface area contributed by atoms with Gasteiger partial charge in [-0.15, -0.1) is 0 Å². The Labute approximate surface area is 185 Å². The highest BCUT2D eigenvalue weighted by Gasteiger charge is 2.13. The summed E-state index contributed by atoms with van der Waals surface area (Å²) in [6.07, 6.45) is 3.64. The van der Waals surface area contributed by atoms with Gasteiger partial charge in [-0.3, -0.25) is 4.79 Å². The molecule has 3 aromatic rings. The predicted octanol–water partition coefficient (Wildman–Crippen LogP) is 5.86. The summed E-state index contributed by atoms with van der Waals surface area (Å²) in [4.78, 5) is 19.3. The van der Waals surface area contributed by atoms with Gasteiger partial charge in [0.15, 0.2) is 0 Å². The van der Waals surface area contributed by atoms with Gasteiger partial charge >= 0.3 is 0 Å². The Hall–Kier alpha value is -3.08. The molecule has 0 atom stereocenters. The van der Waals surface area contributed by atoms with E-state index in [9.17, 15) is 4.79 Å². The molecular weight excluding hydrogens is 388 g/mol. The van der Waals surface area contributed by atoms with Crippen LogP contribution in [0.3, 0.4) is 0 Å². The Morgan fingerprint density at radius 2 is 1.74 bits per heavy atom. The van der Waals surface area contributed by atoms with E-state index in [1.807, 2.05) is 37.3 Å².